The van der Waals surface area contributed by atoms with Crippen LogP contribution in [0, 0.1) is 5.82 Å². The zero-order valence-corrected chi connectivity index (χ0v) is 7.43. The highest BCUT2D eigenvalue weighted by Gasteiger charge is 2.11. The van der Waals surface area contributed by atoms with Crippen LogP contribution in [0.3, 0.4) is 0 Å². The van der Waals surface area contributed by atoms with Crippen LogP contribution in [0.2, 0.25) is 0 Å². The molecule has 0 aliphatic rings. The third-order valence-electron chi connectivity index (χ3n) is 1.30. The summed E-state index contributed by atoms with van der Waals surface area (Å²) in [6.45, 7) is 0. The van der Waals surface area contributed by atoms with Crippen molar-refractivity contribution in [3.05, 3.63) is 34.1 Å². The largest absolute Gasteiger partial charge is 0.288 e. The summed E-state index contributed by atoms with van der Waals surface area (Å²) in [5.41, 5.74) is 1.47. The number of halogens is 2. The van der Waals surface area contributed by atoms with Crippen molar-refractivity contribution in [2.45, 2.75) is 0 Å². The van der Waals surface area contributed by atoms with Gasteiger partial charge in [0.15, 0.2) is 0 Å². The van der Waals surface area contributed by atoms with Crippen molar-refractivity contribution in [2.75, 3.05) is 0 Å². The first-order valence-corrected chi connectivity index (χ1v) is 3.84. The van der Waals surface area contributed by atoms with Crippen LogP contribution in [0.15, 0.2) is 22.7 Å². The van der Waals surface area contributed by atoms with Crippen LogP contribution in [0.25, 0.3) is 0 Å². The first-order chi connectivity index (χ1) is 5.66. The summed E-state index contributed by atoms with van der Waals surface area (Å²) in [5.74, 6) is -1.29. The van der Waals surface area contributed by atoms with Crippen molar-refractivity contribution < 1.29 is 14.4 Å². The molecule has 1 aromatic carbocycles. The fourth-order valence-electron chi connectivity index (χ4n) is 0.739. The predicted octanol–water partition coefficient (Wildman–Crippen LogP) is 1.71. The third kappa shape index (κ3) is 1.62. The first-order valence-electron chi connectivity index (χ1n) is 3.05. The van der Waals surface area contributed by atoms with Crippen LogP contribution in [0.4, 0.5) is 4.39 Å². The van der Waals surface area contributed by atoms with Crippen molar-refractivity contribution in [1.29, 1.82) is 0 Å². The molecule has 1 amide bonds. The van der Waals surface area contributed by atoms with Crippen LogP contribution in [0.5, 0.6) is 0 Å². The van der Waals surface area contributed by atoms with Crippen molar-refractivity contribution in [3.63, 3.8) is 0 Å². The normalized spacial score (nSPS) is 9.58. The molecule has 0 radical (unpaired) electrons. The lowest BCUT2D eigenvalue weighted by molar-refractivity contribution is 0.0705. The Morgan fingerprint density at radius 1 is 1.58 bits per heavy atom. The van der Waals surface area contributed by atoms with Crippen LogP contribution >= 0.6 is 15.9 Å². The first kappa shape index (κ1) is 9.15. The van der Waals surface area contributed by atoms with E-state index in [1.54, 1.807) is 0 Å². The number of amides is 1. The number of hydrogen-bond donors (Lipinski definition) is 2. The van der Waals surface area contributed by atoms with E-state index in [0.717, 1.165) is 0 Å². The lowest BCUT2D eigenvalue weighted by Crippen LogP contribution is -2.19. The zero-order valence-electron chi connectivity index (χ0n) is 5.84. The molecule has 1 rings (SSSR count). The van der Waals surface area contributed by atoms with Crippen molar-refractivity contribution >= 4 is 21.8 Å². The summed E-state index contributed by atoms with van der Waals surface area (Å²) in [6, 6.07) is 3.97. The topological polar surface area (TPSA) is 49.3 Å². The summed E-state index contributed by atoms with van der Waals surface area (Å²) < 4.78 is 12.8. The van der Waals surface area contributed by atoms with Gasteiger partial charge in [0.05, 0.1) is 10.0 Å². The smallest absolute Gasteiger partial charge is 0.275 e. The molecule has 0 spiro atoms. The number of hydroxylamine groups is 1. The average Bonchev–Trinajstić information content (AvgIpc) is 2.08. The molecule has 2 N–H and O–H groups in total. The van der Waals surface area contributed by atoms with Crippen LogP contribution in [0.1, 0.15) is 10.4 Å². The van der Waals surface area contributed by atoms with Gasteiger partial charge in [-0.05, 0) is 28.1 Å². The summed E-state index contributed by atoms with van der Waals surface area (Å²) >= 11 is 2.87. The molecule has 1 aromatic rings. The number of hydrogen-bond acceptors (Lipinski definition) is 2. The van der Waals surface area contributed by atoms with E-state index in [9.17, 15) is 9.18 Å². The molecule has 0 aliphatic heterocycles. The van der Waals surface area contributed by atoms with Gasteiger partial charge in [0, 0.05) is 0 Å². The van der Waals surface area contributed by atoms with Gasteiger partial charge < -0.3 is 0 Å². The highest BCUT2D eigenvalue weighted by atomic mass is 79.9. The van der Waals surface area contributed by atoms with Crippen LogP contribution in [-0.2, 0) is 0 Å². The second-order valence-corrected chi connectivity index (χ2v) is 2.84. The monoisotopic (exact) mass is 233 g/mol. The molecule has 0 atom stereocenters. The molecular weight excluding hydrogens is 229 g/mol. The Kier molecular flexibility index (Phi) is 2.78. The minimum Gasteiger partial charge on any atom is -0.288 e. The summed E-state index contributed by atoms with van der Waals surface area (Å²) in [5, 5.41) is 8.26. The Morgan fingerprint density at radius 3 is 2.83 bits per heavy atom. The standard InChI is InChI=1S/C7H5BrFNO2/c8-6-4(7(11)10-12)2-1-3-5(6)9/h1-3,12H,(H,10,11). The molecule has 0 saturated carbocycles. The molecule has 0 aliphatic carbocycles. The highest BCUT2D eigenvalue weighted by Crippen LogP contribution is 2.19. The molecule has 0 heterocycles. The SMILES string of the molecule is O=C(NO)c1cccc(F)c1Br. The number of nitrogens with one attached hydrogen (secondary N) is 1. The number of carbonyl (C=O) groups excluding carboxylic acids is 1. The number of rotatable bonds is 1. The van der Waals surface area contributed by atoms with Gasteiger partial charge in [-0.3, -0.25) is 10.0 Å². The molecular formula is C7H5BrFNO2. The van der Waals surface area contributed by atoms with Crippen molar-refractivity contribution in [1.82, 2.24) is 5.48 Å². The van der Waals surface area contributed by atoms with E-state index < -0.39 is 11.7 Å². The molecule has 0 bridgehead atoms. The fourth-order valence-corrected chi connectivity index (χ4v) is 1.18. The predicted molar refractivity (Wildman–Crippen MR) is 43.4 cm³/mol. The second-order valence-electron chi connectivity index (χ2n) is 2.04. The van der Waals surface area contributed by atoms with Gasteiger partial charge in [-0.2, -0.15) is 0 Å². The Bertz CT molecular complexity index is 316. The molecule has 0 fully saturated rings. The van der Waals surface area contributed by atoms with E-state index >= 15 is 0 Å². The Labute approximate surface area is 76.3 Å². The van der Waals surface area contributed by atoms with Gasteiger partial charge in [-0.25, -0.2) is 9.87 Å². The molecule has 0 unspecified atom stereocenters. The molecule has 0 aromatic heterocycles. The van der Waals surface area contributed by atoms with Gasteiger partial charge in [0.1, 0.15) is 5.82 Å². The Morgan fingerprint density at radius 2 is 2.25 bits per heavy atom. The molecule has 64 valence electrons. The van der Waals surface area contributed by atoms with E-state index in [1.807, 2.05) is 0 Å². The maximum atomic E-state index is 12.8. The Hall–Kier alpha value is -0.940. The maximum absolute atomic E-state index is 12.8. The van der Waals surface area contributed by atoms with Gasteiger partial charge in [-0.1, -0.05) is 6.07 Å². The maximum Gasteiger partial charge on any atom is 0.275 e. The van der Waals surface area contributed by atoms with Crippen molar-refractivity contribution in [2.24, 2.45) is 0 Å². The molecule has 12 heavy (non-hydrogen) atoms. The fraction of sp³-hybridized carbons (Fsp3) is 0. The van der Waals surface area contributed by atoms with Gasteiger partial charge in [0.2, 0.25) is 0 Å². The summed E-state index contributed by atoms with van der Waals surface area (Å²) in [7, 11) is 0. The minimum atomic E-state index is -0.749. The van der Waals surface area contributed by atoms with Crippen LogP contribution < -0.4 is 5.48 Å². The van der Waals surface area contributed by atoms with Crippen molar-refractivity contribution in [3.8, 4) is 0 Å². The van der Waals surface area contributed by atoms with E-state index in [1.165, 1.54) is 23.7 Å². The Balaban J connectivity index is 3.16. The number of benzene rings is 1. The van der Waals surface area contributed by atoms with E-state index in [-0.39, 0.29) is 10.0 Å². The van der Waals surface area contributed by atoms with Gasteiger partial charge >= 0.3 is 0 Å². The summed E-state index contributed by atoms with van der Waals surface area (Å²) in [6.07, 6.45) is 0. The zero-order chi connectivity index (χ0) is 9.14. The average molecular weight is 234 g/mol. The lowest BCUT2D eigenvalue weighted by atomic mass is 10.2. The van der Waals surface area contributed by atoms with Gasteiger partial charge in [0.25, 0.3) is 5.91 Å². The van der Waals surface area contributed by atoms with E-state index in [4.69, 9.17) is 5.21 Å². The molecule has 5 heteroatoms. The van der Waals surface area contributed by atoms with E-state index in [2.05, 4.69) is 15.9 Å². The molecule has 3 nitrogen and oxygen atoms in total. The minimum absolute atomic E-state index is 0.0385. The second kappa shape index (κ2) is 3.64. The van der Waals surface area contributed by atoms with Gasteiger partial charge in [-0.15, -0.1) is 0 Å². The van der Waals surface area contributed by atoms with Crippen LogP contribution in [-0.4, -0.2) is 11.1 Å². The third-order valence-corrected chi connectivity index (χ3v) is 2.10. The summed E-state index contributed by atoms with van der Waals surface area (Å²) in [4.78, 5) is 10.8. The molecule has 0 saturated heterocycles. The lowest BCUT2D eigenvalue weighted by Gasteiger charge is -2.01. The number of carbonyl (C=O) groups is 1. The van der Waals surface area contributed by atoms with E-state index in [0.29, 0.717) is 0 Å². The highest BCUT2D eigenvalue weighted by molar-refractivity contribution is 9.10. The quantitative estimate of drug-likeness (QED) is 0.574.